The summed E-state index contributed by atoms with van der Waals surface area (Å²) in [6.07, 6.45) is 0.313. The van der Waals surface area contributed by atoms with Crippen LogP contribution < -0.4 is 16.4 Å². The highest BCUT2D eigenvalue weighted by atomic mass is 79.9. The molecule has 0 aromatic heterocycles. The summed E-state index contributed by atoms with van der Waals surface area (Å²) in [6.45, 7) is 2.85. The number of carboxylic acids is 1. The number of anilines is 2. The van der Waals surface area contributed by atoms with E-state index in [9.17, 15) is 9.59 Å². The van der Waals surface area contributed by atoms with Crippen molar-refractivity contribution in [2.24, 2.45) is 0 Å². The third-order valence-electron chi connectivity index (χ3n) is 2.41. The minimum Gasteiger partial charge on any atom is -0.478 e. The van der Waals surface area contributed by atoms with Gasteiger partial charge < -0.3 is 21.5 Å². The molecule has 104 valence electrons. The fraction of sp³-hybridized carbons (Fsp3) is 0.333. The number of carbonyl (C=O) groups is 2. The number of carbonyl (C=O) groups excluding carboxylic acids is 1. The van der Waals surface area contributed by atoms with Crippen molar-refractivity contribution >= 4 is 39.2 Å². The second kappa shape index (κ2) is 6.98. The Balaban J connectivity index is 2.70. The van der Waals surface area contributed by atoms with Gasteiger partial charge in [-0.3, -0.25) is 4.79 Å². The van der Waals surface area contributed by atoms with Gasteiger partial charge in [-0.2, -0.15) is 0 Å². The predicted octanol–water partition coefficient (Wildman–Crippen LogP) is 1.67. The lowest BCUT2D eigenvalue weighted by atomic mass is 10.1. The minimum absolute atomic E-state index is 0.0312. The van der Waals surface area contributed by atoms with Gasteiger partial charge in [0.1, 0.15) is 0 Å². The summed E-state index contributed by atoms with van der Waals surface area (Å²) < 4.78 is 0.658. The van der Waals surface area contributed by atoms with E-state index in [1.54, 1.807) is 0 Å². The van der Waals surface area contributed by atoms with E-state index in [1.165, 1.54) is 12.1 Å². The molecule has 0 saturated heterocycles. The van der Waals surface area contributed by atoms with E-state index < -0.39 is 5.97 Å². The molecule has 0 unspecified atom stereocenters. The van der Waals surface area contributed by atoms with Crippen molar-refractivity contribution in [2.75, 3.05) is 24.1 Å². The Kier molecular flexibility index (Phi) is 5.62. The van der Waals surface area contributed by atoms with Gasteiger partial charge in [0.15, 0.2) is 0 Å². The highest BCUT2D eigenvalue weighted by Crippen LogP contribution is 2.28. The van der Waals surface area contributed by atoms with Crippen LogP contribution in [0, 0.1) is 0 Å². The molecule has 0 heterocycles. The summed E-state index contributed by atoms with van der Waals surface area (Å²) in [5, 5.41) is 14.7. The van der Waals surface area contributed by atoms with Crippen molar-refractivity contribution < 1.29 is 14.7 Å². The number of benzene rings is 1. The molecule has 7 heteroatoms. The first-order valence-corrected chi connectivity index (χ1v) is 6.57. The number of hydrogen-bond donors (Lipinski definition) is 4. The van der Waals surface area contributed by atoms with Crippen LogP contribution in [0.2, 0.25) is 0 Å². The summed E-state index contributed by atoms with van der Waals surface area (Å²) in [4.78, 5) is 22.2. The summed E-state index contributed by atoms with van der Waals surface area (Å²) in [5.41, 5.74) is 6.42. The molecule has 0 bridgehead atoms. The van der Waals surface area contributed by atoms with Gasteiger partial charge in [-0.05, 0) is 35.0 Å². The van der Waals surface area contributed by atoms with Crippen molar-refractivity contribution in [2.45, 2.75) is 13.3 Å². The zero-order valence-corrected chi connectivity index (χ0v) is 12.1. The van der Waals surface area contributed by atoms with Crippen molar-refractivity contribution in [1.82, 2.24) is 5.32 Å². The maximum absolute atomic E-state index is 11.3. The van der Waals surface area contributed by atoms with E-state index >= 15 is 0 Å². The molecular weight excluding hydrogens is 314 g/mol. The molecule has 1 amide bonds. The molecule has 0 saturated carbocycles. The number of amides is 1. The summed E-state index contributed by atoms with van der Waals surface area (Å²) in [7, 11) is 0. The zero-order valence-electron chi connectivity index (χ0n) is 10.5. The molecule has 5 N–H and O–H groups in total. The molecule has 0 aliphatic rings. The number of halogens is 1. The molecule has 0 atom stereocenters. The van der Waals surface area contributed by atoms with Crippen LogP contribution >= 0.6 is 15.9 Å². The number of rotatable bonds is 6. The Morgan fingerprint density at radius 1 is 1.42 bits per heavy atom. The second-order valence-electron chi connectivity index (χ2n) is 3.85. The Morgan fingerprint density at radius 2 is 2.11 bits per heavy atom. The van der Waals surface area contributed by atoms with Crippen LogP contribution in [-0.2, 0) is 4.79 Å². The van der Waals surface area contributed by atoms with Gasteiger partial charge in [0, 0.05) is 35.4 Å². The molecule has 0 spiro atoms. The molecule has 0 radical (unpaired) electrons. The number of hydrogen-bond acceptors (Lipinski definition) is 4. The Bertz CT molecular complexity index is 491. The van der Waals surface area contributed by atoms with Crippen LogP contribution in [-0.4, -0.2) is 30.1 Å². The normalized spacial score (nSPS) is 10.0. The molecule has 1 aromatic rings. The first kappa shape index (κ1) is 15.3. The average molecular weight is 330 g/mol. The number of aromatic carboxylic acids is 1. The van der Waals surface area contributed by atoms with E-state index in [2.05, 4.69) is 26.6 Å². The lowest BCUT2D eigenvalue weighted by Crippen LogP contribution is -2.24. The summed E-state index contributed by atoms with van der Waals surface area (Å²) in [5.74, 6) is -1.14. The molecule has 0 fully saturated rings. The standard InChI is InChI=1S/C12H16BrN3O3/c1-2-15-11(17)3-4-16-10-5-7(12(18)19)9(14)6-8(10)13/h5-6,16H,2-4,14H2,1H3,(H,15,17)(H,18,19). The molecule has 0 aliphatic heterocycles. The largest absolute Gasteiger partial charge is 0.478 e. The smallest absolute Gasteiger partial charge is 0.337 e. The third kappa shape index (κ3) is 4.44. The van der Waals surface area contributed by atoms with Crippen molar-refractivity contribution in [1.29, 1.82) is 0 Å². The quantitative estimate of drug-likeness (QED) is 0.594. The maximum atomic E-state index is 11.3. The molecule has 6 nitrogen and oxygen atoms in total. The highest BCUT2D eigenvalue weighted by molar-refractivity contribution is 9.10. The number of nitrogen functional groups attached to an aromatic ring is 1. The van der Waals surface area contributed by atoms with Gasteiger partial charge in [0.2, 0.25) is 5.91 Å². The predicted molar refractivity (Wildman–Crippen MR) is 77.3 cm³/mol. The maximum Gasteiger partial charge on any atom is 0.337 e. The topological polar surface area (TPSA) is 104 Å². The SMILES string of the molecule is CCNC(=O)CCNc1cc(C(=O)O)c(N)cc1Br. The van der Waals surface area contributed by atoms with Gasteiger partial charge in [0.25, 0.3) is 0 Å². The van der Waals surface area contributed by atoms with Crippen LogP contribution in [0.3, 0.4) is 0 Å². The second-order valence-corrected chi connectivity index (χ2v) is 4.71. The van der Waals surface area contributed by atoms with Crippen molar-refractivity contribution in [3.8, 4) is 0 Å². The van der Waals surface area contributed by atoms with Crippen LogP contribution in [0.15, 0.2) is 16.6 Å². The van der Waals surface area contributed by atoms with E-state index in [0.717, 1.165) is 0 Å². The zero-order chi connectivity index (χ0) is 14.4. The Hall–Kier alpha value is -1.76. The van der Waals surface area contributed by atoms with Crippen LogP contribution in [0.4, 0.5) is 11.4 Å². The fourth-order valence-electron chi connectivity index (χ4n) is 1.51. The lowest BCUT2D eigenvalue weighted by molar-refractivity contribution is -0.120. The lowest BCUT2D eigenvalue weighted by Gasteiger charge is -2.11. The first-order valence-electron chi connectivity index (χ1n) is 5.78. The Labute approximate surface area is 119 Å². The van der Waals surface area contributed by atoms with E-state index in [1.807, 2.05) is 6.92 Å². The Morgan fingerprint density at radius 3 is 2.68 bits per heavy atom. The van der Waals surface area contributed by atoms with Gasteiger partial charge in [-0.25, -0.2) is 4.79 Å². The van der Waals surface area contributed by atoms with Gasteiger partial charge in [-0.1, -0.05) is 0 Å². The van der Waals surface area contributed by atoms with Gasteiger partial charge in [-0.15, -0.1) is 0 Å². The minimum atomic E-state index is -1.09. The fourth-order valence-corrected chi connectivity index (χ4v) is 2.01. The van der Waals surface area contributed by atoms with E-state index in [0.29, 0.717) is 29.7 Å². The molecular formula is C12H16BrN3O3. The third-order valence-corrected chi connectivity index (χ3v) is 3.07. The number of nitrogens with one attached hydrogen (secondary N) is 2. The van der Waals surface area contributed by atoms with Gasteiger partial charge in [0.05, 0.1) is 5.56 Å². The van der Waals surface area contributed by atoms with Crippen LogP contribution in [0.5, 0.6) is 0 Å². The van der Waals surface area contributed by atoms with E-state index in [4.69, 9.17) is 10.8 Å². The molecule has 1 aromatic carbocycles. The molecule has 1 rings (SSSR count). The summed E-state index contributed by atoms with van der Waals surface area (Å²) in [6, 6.07) is 2.97. The molecule has 19 heavy (non-hydrogen) atoms. The number of nitrogens with two attached hydrogens (primary N) is 1. The highest BCUT2D eigenvalue weighted by Gasteiger charge is 2.12. The average Bonchev–Trinajstić information content (AvgIpc) is 2.31. The number of carboxylic acid groups (broad SMARTS) is 1. The monoisotopic (exact) mass is 329 g/mol. The first-order chi connectivity index (χ1) is 8.95. The molecule has 0 aliphatic carbocycles. The van der Waals surface area contributed by atoms with Crippen LogP contribution in [0.1, 0.15) is 23.7 Å². The van der Waals surface area contributed by atoms with Crippen LogP contribution in [0.25, 0.3) is 0 Å². The van der Waals surface area contributed by atoms with Crippen molar-refractivity contribution in [3.63, 3.8) is 0 Å². The van der Waals surface area contributed by atoms with Gasteiger partial charge >= 0.3 is 5.97 Å². The van der Waals surface area contributed by atoms with Crippen molar-refractivity contribution in [3.05, 3.63) is 22.2 Å². The van der Waals surface area contributed by atoms with E-state index in [-0.39, 0.29) is 17.2 Å². The summed E-state index contributed by atoms with van der Waals surface area (Å²) >= 11 is 3.29.